The smallest absolute Gasteiger partial charge is 0.217 e. The molecule has 0 saturated heterocycles. The van der Waals surface area contributed by atoms with Gasteiger partial charge in [-0.25, -0.2) is 0 Å². The molecule has 1 aromatic heterocycles. The predicted octanol–water partition coefficient (Wildman–Crippen LogP) is 1.16. The zero-order chi connectivity index (χ0) is 7.82. The van der Waals surface area contributed by atoms with Crippen molar-refractivity contribution in [3.63, 3.8) is 0 Å². The Morgan fingerprint density at radius 2 is 1.90 bits per heavy atom. The van der Waals surface area contributed by atoms with Crippen LogP contribution < -0.4 is 5.73 Å². The lowest BCUT2D eigenvalue weighted by Crippen LogP contribution is -2.06. The molecule has 2 N–H and O–H groups in total. The van der Waals surface area contributed by atoms with E-state index in [1.54, 1.807) is 19.5 Å². The molecule has 0 aliphatic heterocycles. The first-order chi connectivity index (χ1) is 4.77. The van der Waals surface area contributed by atoms with Gasteiger partial charge in [-0.15, -0.1) is 0 Å². The van der Waals surface area contributed by atoms with Gasteiger partial charge in [-0.1, -0.05) is 6.92 Å². The number of hydrogen-bond acceptors (Lipinski definition) is 2. The van der Waals surface area contributed by atoms with Crippen LogP contribution in [-0.2, 0) is 4.79 Å². The van der Waals surface area contributed by atoms with E-state index in [-0.39, 0.29) is 5.91 Å². The van der Waals surface area contributed by atoms with E-state index in [9.17, 15) is 4.79 Å². The Kier molecular flexibility index (Phi) is 5.14. The number of amides is 1. The Bertz CT molecular complexity index is 141. The molecule has 1 aromatic rings. The van der Waals surface area contributed by atoms with Crippen LogP contribution in [0.2, 0.25) is 0 Å². The summed E-state index contributed by atoms with van der Waals surface area (Å²) in [5.74, 6) is -0.245. The first kappa shape index (κ1) is 8.75. The van der Waals surface area contributed by atoms with Crippen LogP contribution in [0, 0.1) is 0 Å². The Hall–Kier alpha value is -1.25. The van der Waals surface area contributed by atoms with E-state index in [2.05, 4.69) is 10.2 Å². The number of nitrogens with two attached hydrogens (primary N) is 1. The highest BCUT2D eigenvalue weighted by atomic mass is 16.3. The van der Waals surface area contributed by atoms with Crippen molar-refractivity contribution < 1.29 is 9.21 Å². The van der Waals surface area contributed by atoms with Gasteiger partial charge in [0.2, 0.25) is 5.91 Å². The van der Waals surface area contributed by atoms with Crippen LogP contribution in [-0.4, -0.2) is 5.91 Å². The van der Waals surface area contributed by atoms with Gasteiger partial charge in [-0.05, 0) is 12.1 Å². The van der Waals surface area contributed by atoms with E-state index in [4.69, 9.17) is 0 Å². The van der Waals surface area contributed by atoms with Crippen molar-refractivity contribution in [2.75, 3.05) is 0 Å². The van der Waals surface area contributed by atoms with Crippen LogP contribution in [0.3, 0.4) is 0 Å². The van der Waals surface area contributed by atoms with Crippen LogP contribution >= 0.6 is 0 Å². The largest absolute Gasteiger partial charge is 0.473 e. The van der Waals surface area contributed by atoms with Crippen molar-refractivity contribution in [1.29, 1.82) is 0 Å². The lowest BCUT2D eigenvalue weighted by molar-refractivity contribution is -0.117. The van der Waals surface area contributed by atoms with Gasteiger partial charge in [-0.3, -0.25) is 4.79 Å². The fraction of sp³-hybridized carbons (Fsp3) is 0.286. The Labute approximate surface area is 59.8 Å². The molecule has 0 spiro atoms. The standard InChI is InChI=1S/C4H4O.C3H7NO/c1-2-4-5-3-1;1-2-3(4)5/h1-4H;2H2,1H3,(H2,4,5). The van der Waals surface area contributed by atoms with Gasteiger partial charge < -0.3 is 10.2 Å². The highest BCUT2D eigenvalue weighted by molar-refractivity contribution is 5.73. The molecule has 10 heavy (non-hydrogen) atoms. The molecule has 0 atom stereocenters. The maximum Gasteiger partial charge on any atom is 0.217 e. The minimum atomic E-state index is -0.245. The van der Waals surface area contributed by atoms with E-state index in [1.807, 2.05) is 12.1 Å². The number of carbonyl (C=O) groups is 1. The summed E-state index contributed by atoms with van der Waals surface area (Å²) in [5.41, 5.74) is 4.65. The van der Waals surface area contributed by atoms with E-state index in [1.165, 1.54) is 0 Å². The number of primary amides is 1. The zero-order valence-electron chi connectivity index (χ0n) is 5.91. The molecule has 0 unspecified atom stereocenters. The molecule has 0 radical (unpaired) electrons. The molecule has 1 amide bonds. The number of carbonyl (C=O) groups excluding carboxylic acids is 1. The van der Waals surface area contributed by atoms with Crippen molar-refractivity contribution in [3.05, 3.63) is 24.7 Å². The lowest BCUT2D eigenvalue weighted by Gasteiger charge is -1.73. The third-order valence-electron chi connectivity index (χ3n) is 0.774. The van der Waals surface area contributed by atoms with Crippen LogP contribution in [0.5, 0.6) is 0 Å². The molecule has 0 fully saturated rings. The van der Waals surface area contributed by atoms with Gasteiger partial charge in [-0.2, -0.15) is 0 Å². The molecule has 1 rings (SSSR count). The van der Waals surface area contributed by atoms with Gasteiger partial charge in [0.05, 0.1) is 12.5 Å². The summed E-state index contributed by atoms with van der Waals surface area (Å²) < 4.78 is 4.58. The highest BCUT2D eigenvalue weighted by Gasteiger charge is 1.77. The van der Waals surface area contributed by atoms with Crippen LogP contribution in [0.1, 0.15) is 13.3 Å². The second-order valence-electron chi connectivity index (χ2n) is 1.61. The van der Waals surface area contributed by atoms with Crippen molar-refractivity contribution >= 4 is 5.91 Å². The van der Waals surface area contributed by atoms with Crippen molar-refractivity contribution in [3.8, 4) is 0 Å². The fourth-order valence-electron chi connectivity index (χ4n) is 0.227. The summed E-state index contributed by atoms with van der Waals surface area (Å²) in [4.78, 5) is 9.59. The maximum absolute atomic E-state index is 9.59. The molecule has 56 valence electrons. The van der Waals surface area contributed by atoms with Crippen LogP contribution in [0.15, 0.2) is 29.1 Å². The number of hydrogen-bond donors (Lipinski definition) is 1. The molecule has 3 nitrogen and oxygen atoms in total. The summed E-state index contributed by atoms with van der Waals surface area (Å²) in [7, 11) is 0. The molecular formula is C7H11NO2. The maximum atomic E-state index is 9.59. The minimum Gasteiger partial charge on any atom is -0.473 e. The van der Waals surface area contributed by atoms with E-state index in [0.29, 0.717) is 6.42 Å². The van der Waals surface area contributed by atoms with Gasteiger partial charge in [0.15, 0.2) is 0 Å². The minimum absolute atomic E-state index is 0.245. The van der Waals surface area contributed by atoms with E-state index < -0.39 is 0 Å². The average molecular weight is 141 g/mol. The third kappa shape index (κ3) is 6.75. The average Bonchev–Trinajstić information content (AvgIpc) is 2.43. The highest BCUT2D eigenvalue weighted by Crippen LogP contribution is 1.79. The van der Waals surface area contributed by atoms with Gasteiger partial charge >= 0.3 is 0 Å². The molecule has 0 aliphatic carbocycles. The number of furan rings is 1. The quantitative estimate of drug-likeness (QED) is 0.638. The van der Waals surface area contributed by atoms with E-state index >= 15 is 0 Å². The van der Waals surface area contributed by atoms with Crippen molar-refractivity contribution in [2.24, 2.45) is 5.73 Å². The normalized spacial score (nSPS) is 7.70. The second kappa shape index (κ2) is 5.88. The van der Waals surface area contributed by atoms with Crippen molar-refractivity contribution in [1.82, 2.24) is 0 Å². The lowest BCUT2D eigenvalue weighted by atomic mass is 10.5. The summed E-state index contributed by atoms with van der Waals surface area (Å²) in [6.45, 7) is 1.72. The molecular weight excluding hydrogens is 130 g/mol. The molecule has 0 bridgehead atoms. The first-order valence-electron chi connectivity index (χ1n) is 3.02. The van der Waals surface area contributed by atoms with Crippen LogP contribution in [0.4, 0.5) is 0 Å². The first-order valence-corrected chi connectivity index (χ1v) is 3.02. The third-order valence-corrected chi connectivity index (χ3v) is 0.774. The molecule has 0 aliphatic rings. The second-order valence-corrected chi connectivity index (χ2v) is 1.61. The molecule has 3 heteroatoms. The Morgan fingerprint density at radius 3 is 2.00 bits per heavy atom. The Morgan fingerprint density at radius 1 is 1.50 bits per heavy atom. The molecule has 1 heterocycles. The van der Waals surface area contributed by atoms with Gasteiger partial charge in [0.1, 0.15) is 0 Å². The van der Waals surface area contributed by atoms with Gasteiger partial charge in [0, 0.05) is 6.42 Å². The molecule has 0 aromatic carbocycles. The summed E-state index contributed by atoms with van der Waals surface area (Å²) in [5, 5.41) is 0. The van der Waals surface area contributed by atoms with E-state index in [0.717, 1.165) is 0 Å². The molecule has 0 saturated carbocycles. The monoisotopic (exact) mass is 141 g/mol. The summed E-state index contributed by atoms with van der Waals surface area (Å²) in [6, 6.07) is 3.67. The summed E-state index contributed by atoms with van der Waals surface area (Å²) in [6.07, 6.45) is 3.69. The fourth-order valence-corrected chi connectivity index (χ4v) is 0.227. The van der Waals surface area contributed by atoms with Gasteiger partial charge in [0.25, 0.3) is 0 Å². The van der Waals surface area contributed by atoms with Crippen LogP contribution in [0.25, 0.3) is 0 Å². The number of rotatable bonds is 1. The predicted molar refractivity (Wildman–Crippen MR) is 38.2 cm³/mol. The zero-order valence-corrected chi connectivity index (χ0v) is 5.91. The Balaban J connectivity index is 0.000000162. The summed E-state index contributed by atoms with van der Waals surface area (Å²) >= 11 is 0. The SMILES string of the molecule is CCC(N)=O.c1ccoc1. The van der Waals surface area contributed by atoms with Crippen molar-refractivity contribution in [2.45, 2.75) is 13.3 Å². The topological polar surface area (TPSA) is 56.2 Å².